The van der Waals surface area contributed by atoms with Crippen molar-refractivity contribution in [3.05, 3.63) is 60.7 Å². The highest BCUT2D eigenvalue weighted by atomic mass is 15.1. The molecular weight excluding hydrogens is 260 g/mol. The first-order chi connectivity index (χ1) is 10.2. The van der Waals surface area contributed by atoms with Crippen molar-refractivity contribution in [3.8, 4) is 5.82 Å². The number of nitrogens with zero attached hydrogens (tertiary/aromatic N) is 3. The van der Waals surface area contributed by atoms with E-state index in [0.717, 1.165) is 38.7 Å². The molecule has 0 fully saturated rings. The monoisotopic (exact) mass is 274 g/mol. The van der Waals surface area contributed by atoms with Gasteiger partial charge in [-0.15, -0.1) is 0 Å². The summed E-state index contributed by atoms with van der Waals surface area (Å²) in [5, 5.41) is 3.38. The number of hydrogen-bond donors (Lipinski definition) is 1. The molecule has 0 saturated carbocycles. The van der Waals surface area contributed by atoms with E-state index < -0.39 is 0 Å². The van der Waals surface area contributed by atoms with Crippen LogP contribution in [0.3, 0.4) is 0 Å². The summed E-state index contributed by atoms with van der Waals surface area (Å²) in [5.74, 6) is 0.874. The Kier molecular flexibility index (Phi) is 2.44. The van der Waals surface area contributed by atoms with Crippen LogP contribution in [-0.4, -0.2) is 14.5 Å². The lowest BCUT2D eigenvalue weighted by Gasteiger charge is -2.09. The second-order valence-corrected chi connectivity index (χ2v) is 5.16. The van der Waals surface area contributed by atoms with E-state index >= 15 is 0 Å². The lowest BCUT2D eigenvalue weighted by molar-refractivity contribution is 1.05. The lowest BCUT2D eigenvalue weighted by atomic mass is 10.1. The fourth-order valence-corrected chi connectivity index (χ4v) is 2.68. The maximum atomic E-state index is 6.01. The van der Waals surface area contributed by atoms with Crippen LogP contribution in [0.25, 0.3) is 27.5 Å². The molecular formula is C17H14N4. The average Bonchev–Trinajstić information content (AvgIpc) is 2.95. The summed E-state index contributed by atoms with van der Waals surface area (Å²) < 4.78 is 2.05. The Bertz CT molecular complexity index is 969. The minimum Gasteiger partial charge on any atom is -0.398 e. The molecule has 0 atom stereocenters. The molecule has 2 N–H and O–H groups in total. The zero-order valence-electron chi connectivity index (χ0n) is 11.6. The number of anilines is 1. The summed E-state index contributed by atoms with van der Waals surface area (Å²) in [6.07, 6.45) is 7.56. The third kappa shape index (κ3) is 1.76. The molecule has 1 aromatic carbocycles. The van der Waals surface area contributed by atoms with E-state index in [1.807, 2.05) is 48.3 Å². The second-order valence-electron chi connectivity index (χ2n) is 5.16. The Hall–Kier alpha value is -2.88. The van der Waals surface area contributed by atoms with E-state index in [1.54, 1.807) is 6.20 Å². The summed E-state index contributed by atoms with van der Waals surface area (Å²) in [7, 11) is 0. The van der Waals surface area contributed by atoms with E-state index in [4.69, 9.17) is 5.73 Å². The fourth-order valence-electron chi connectivity index (χ4n) is 2.68. The van der Waals surface area contributed by atoms with Gasteiger partial charge in [-0.3, -0.25) is 9.55 Å². The van der Waals surface area contributed by atoms with Crippen LogP contribution in [0, 0.1) is 6.92 Å². The molecule has 21 heavy (non-hydrogen) atoms. The Morgan fingerprint density at radius 1 is 1.05 bits per heavy atom. The average molecular weight is 274 g/mol. The highest BCUT2D eigenvalue weighted by Gasteiger charge is 2.07. The van der Waals surface area contributed by atoms with E-state index in [-0.39, 0.29) is 0 Å². The molecule has 4 aromatic rings. The lowest BCUT2D eigenvalue weighted by Crippen LogP contribution is -1.97. The predicted molar refractivity (Wildman–Crippen MR) is 85.5 cm³/mol. The Morgan fingerprint density at radius 3 is 2.86 bits per heavy atom. The van der Waals surface area contributed by atoms with Gasteiger partial charge >= 0.3 is 0 Å². The zero-order valence-corrected chi connectivity index (χ0v) is 11.6. The van der Waals surface area contributed by atoms with Gasteiger partial charge in [-0.2, -0.15) is 0 Å². The first-order valence-corrected chi connectivity index (χ1v) is 6.80. The summed E-state index contributed by atoms with van der Waals surface area (Å²) >= 11 is 0. The molecule has 4 rings (SSSR count). The van der Waals surface area contributed by atoms with Gasteiger partial charge in [0.25, 0.3) is 0 Å². The van der Waals surface area contributed by atoms with Crippen LogP contribution in [0.15, 0.2) is 55.1 Å². The number of rotatable bonds is 1. The van der Waals surface area contributed by atoms with Crippen molar-refractivity contribution in [2.24, 2.45) is 0 Å². The van der Waals surface area contributed by atoms with E-state index in [9.17, 15) is 0 Å². The summed E-state index contributed by atoms with van der Waals surface area (Å²) in [6.45, 7) is 2.04. The largest absolute Gasteiger partial charge is 0.398 e. The van der Waals surface area contributed by atoms with Gasteiger partial charge in [0.15, 0.2) is 0 Å². The summed E-state index contributed by atoms with van der Waals surface area (Å²) in [5.41, 5.74) is 8.95. The van der Waals surface area contributed by atoms with Crippen LogP contribution >= 0.6 is 0 Å². The molecule has 0 bridgehead atoms. The summed E-state index contributed by atoms with van der Waals surface area (Å²) in [6, 6.07) is 10.1. The van der Waals surface area contributed by atoms with Gasteiger partial charge in [-0.25, -0.2) is 4.98 Å². The Labute approximate surface area is 121 Å². The van der Waals surface area contributed by atoms with E-state index in [1.165, 1.54) is 0 Å². The molecule has 0 aliphatic heterocycles. The molecule has 0 spiro atoms. The third-order valence-corrected chi connectivity index (χ3v) is 3.94. The van der Waals surface area contributed by atoms with Gasteiger partial charge in [0, 0.05) is 35.1 Å². The molecule has 0 saturated heterocycles. The molecule has 4 heteroatoms. The fraction of sp³-hybridized carbons (Fsp3) is 0.0588. The van der Waals surface area contributed by atoms with Crippen molar-refractivity contribution in [2.75, 3.05) is 5.73 Å². The minimum absolute atomic E-state index is 0.804. The molecule has 102 valence electrons. The van der Waals surface area contributed by atoms with E-state index in [0.29, 0.717) is 0 Å². The molecule has 4 nitrogen and oxygen atoms in total. The molecule has 3 aromatic heterocycles. The van der Waals surface area contributed by atoms with Gasteiger partial charge in [0.05, 0.1) is 11.7 Å². The van der Waals surface area contributed by atoms with Crippen LogP contribution in [-0.2, 0) is 0 Å². The number of fused-ring (bicyclic) bond motifs is 2. The topological polar surface area (TPSA) is 56.7 Å². The number of benzene rings is 1. The van der Waals surface area contributed by atoms with Crippen LogP contribution in [0.1, 0.15) is 5.56 Å². The van der Waals surface area contributed by atoms with Crippen LogP contribution < -0.4 is 5.73 Å². The molecule has 3 heterocycles. The number of hydrogen-bond acceptors (Lipinski definition) is 3. The molecule has 0 amide bonds. The normalized spacial score (nSPS) is 11.3. The molecule has 0 aliphatic rings. The van der Waals surface area contributed by atoms with E-state index in [2.05, 4.69) is 22.1 Å². The molecule has 0 unspecified atom stereocenters. The number of nitrogen functional groups attached to an aromatic ring is 1. The Balaban J connectivity index is 2.00. The van der Waals surface area contributed by atoms with Crippen LogP contribution in [0.5, 0.6) is 0 Å². The van der Waals surface area contributed by atoms with Crippen molar-refractivity contribution in [3.63, 3.8) is 0 Å². The van der Waals surface area contributed by atoms with Crippen LogP contribution in [0.4, 0.5) is 5.69 Å². The highest BCUT2D eigenvalue weighted by Crippen LogP contribution is 2.26. The quantitative estimate of drug-likeness (QED) is 0.541. The number of aromatic nitrogens is 3. The SMILES string of the molecule is Cc1c(N)ccc2cnc(-n3ccc4ccncc43)cc12. The van der Waals surface area contributed by atoms with Crippen LogP contribution in [0.2, 0.25) is 0 Å². The maximum absolute atomic E-state index is 6.01. The van der Waals surface area contributed by atoms with Crippen molar-refractivity contribution in [1.29, 1.82) is 0 Å². The molecule has 0 radical (unpaired) electrons. The van der Waals surface area contributed by atoms with Crippen molar-refractivity contribution in [2.45, 2.75) is 6.92 Å². The van der Waals surface area contributed by atoms with Gasteiger partial charge < -0.3 is 5.73 Å². The number of pyridine rings is 2. The number of aryl methyl sites for hydroxylation is 1. The highest BCUT2D eigenvalue weighted by molar-refractivity contribution is 5.90. The summed E-state index contributed by atoms with van der Waals surface area (Å²) in [4.78, 5) is 8.76. The van der Waals surface area contributed by atoms with Crippen molar-refractivity contribution < 1.29 is 0 Å². The van der Waals surface area contributed by atoms with Gasteiger partial charge in [-0.1, -0.05) is 6.07 Å². The standard InChI is InChI=1S/C17H14N4/c1-11-14-8-17(20-9-13(14)2-3-15(11)18)21-7-5-12-4-6-19-10-16(12)21/h2-10H,18H2,1H3. The van der Waals surface area contributed by atoms with Crippen molar-refractivity contribution >= 4 is 27.4 Å². The predicted octanol–water partition coefficient (Wildman–Crippen LogP) is 3.46. The zero-order chi connectivity index (χ0) is 14.4. The smallest absolute Gasteiger partial charge is 0.137 e. The minimum atomic E-state index is 0.804. The van der Waals surface area contributed by atoms with Crippen molar-refractivity contribution in [1.82, 2.24) is 14.5 Å². The first kappa shape index (κ1) is 11.9. The maximum Gasteiger partial charge on any atom is 0.137 e. The number of nitrogens with two attached hydrogens (primary N) is 1. The Morgan fingerprint density at radius 2 is 1.95 bits per heavy atom. The third-order valence-electron chi connectivity index (χ3n) is 3.94. The van der Waals surface area contributed by atoms with Gasteiger partial charge in [0.1, 0.15) is 5.82 Å². The molecule has 0 aliphatic carbocycles. The first-order valence-electron chi connectivity index (χ1n) is 6.80. The van der Waals surface area contributed by atoms with Gasteiger partial charge in [-0.05, 0) is 42.1 Å². The second kappa shape index (κ2) is 4.31. The van der Waals surface area contributed by atoms with Gasteiger partial charge in [0.2, 0.25) is 0 Å².